The summed E-state index contributed by atoms with van der Waals surface area (Å²) in [6, 6.07) is 3.92. The molecule has 0 aromatic carbocycles. The fraction of sp³-hybridized carbons (Fsp3) is 0.545. The molecule has 0 radical (unpaired) electrons. The molecule has 1 rings (SSSR count). The van der Waals surface area contributed by atoms with E-state index in [9.17, 15) is 0 Å². The van der Waals surface area contributed by atoms with E-state index in [1.54, 1.807) is 6.20 Å². The van der Waals surface area contributed by atoms with Crippen molar-refractivity contribution in [1.82, 2.24) is 9.88 Å². The van der Waals surface area contributed by atoms with Gasteiger partial charge in [0.2, 0.25) is 0 Å². The predicted octanol–water partition coefficient (Wildman–Crippen LogP) is 1.72. The molecule has 0 unspecified atom stereocenters. The highest BCUT2D eigenvalue weighted by atomic mass is 16.5. The van der Waals surface area contributed by atoms with Gasteiger partial charge >= 0.3 is 0 Å². The quantitative estimate of drug-likeness (QED) is 0.667. The van der Waals surface area contributed by atoms with Crippen LogP contribution in [0.3, 0.4) is 0 Å². The Balaban J connectivity index is 2.21. The summed E-state index contributed by atoms with van der Waals surface area (Å²) in [7, 11) is 4.13. The Bertz CT molecular complexity index is 256. The molecule has 1 aromatic rings. The molecule has 0 aliphatic rings. The smallest absolute Gasteiger partial charge is 0.137 e. The van der Waals surface area contributed by atoms with Crippen molar-refractivity contribution in [3.63, 3.8) is 0 Å². The van der Waals surface area contributed by atoms with Crippen LogP contribution < -0.4 is 4.74 Å². The van der Waals surface area contributed by atoms with Gasteiger partial charge in [-0.1, -0.05) is 0 Å². The topological polar surface area (TPSA) is 25.4 Å². The summed E-state index contributed by atoms with van der Waals surface area (Å²) in [4.78, 5) is 6.31. The second-order valence-electron chi connectivity index (χ2n) is 3.64. The normalized spacial score (nSPS) is 10.6. The molecule has 0 atom stereocenters. The average molecular weight is 194 g/mol. The third-order valence-corrected chi connectivity index (χ3v) is 1.90. The number of aryl methyl sites for hydroxylation is 1. The molecule has 0 amide bonds. The third-order valence-electron chi connectivity index (χ3n) is 1.90. The monoisotopic (exact) mass is 194 g/mol. The molecule has 0 fully saturated rings. The van der Waals surface area contributed by atoms with Crippen LogP contribution in [0.1, 0.15) is 12.1 Å². The zero-order valence-electron chi connectivity index (χ0n) is 9.16. The largest absolute Gasteiger partial charge is 0.492 e. The van der Waals surface area contributed by atoms with Gasteiger partial charge in [-0.05, 0) is 39.6 Å². The number of rotatable bonds is 5. The summed E-state index contributed by atoms with van der Waals surface area (Å²) in [5, 5.41) is 0. The summed E-state index contributed by atoms with van der Waals surface area (Å²) < 4.78 is 5.52. The van der Waals surface area contributed by atoms with E-state index >= 15 is 0 Å². The van der Waals surface area contributed by atoms with Gasteiger partial charge in [-0.2, -0.15) is 0 Å². The Morgan fingerprint density at radius 2 is 2.14 bits per heavy atom. The Morgan fingerprint density at radius 3 is 2.71 bits per heavy atom. The van der Waals surface area contributed by atoms with Crippen LogP contribution in [0.15, 0.2) is 18.3 Å². The van der Waals surface area contributed by atoms with Crippen LogP contribution in [0.2, 0.25) is 0 Å². The molecule has 0 spiro atoms. The van der Waals surface area contributed by atoms with E-state index in [2.05, 4.69) is 24.0 Å². The number of aromatic nitrogens is 1. The summed E-state index contributed by atoms with van der Waals surface area (Å²) in [5.41, 5.74) is 1.02. The molecule has 0 saturated carbocycles. The highest BCUT2D eigenvalue weighted by molar-refractivity contribution is 5.18. The second-order valence-corrected chi connectivity index (χ2v) is 3.64. The second kappa shape index (κ2) is 5.60. The molecule has 14 heavy (non-hydrogen) atoms. The minimum Gasteiger partial charge on any atom is -0.492 e. The van der Waals surface area contributed by atoms with Crippen molar-refractivity contribution >= 4 is 0 Å². The molecule has 0 N–H and O–H groups in total. The molecule has 3 nitrogen and oxygen atoms in total. The van der Waals surface area contributed by atoms with Gasteiger partial charge in [0.25, 0.3) is 0 Å². The lowest BCUT2D eigenvalue weighted by Gasteiger charge is -2.10. The van der Waals surface area contributed by atoms with Crippen molar-refractivity contribution in [1.29, 1.82) is 0 Å². The maximum Gasteiger partial charge on any atom is 0.137 e. The fourth-order valence-corrected chi connectivity index (χ4v) is 1.11. The molecule has 1 aromatic heterocycles. The predicted molar refractivity (Wildman–Crippen MR) is 57.6 cm³/mol. The van der Waals surface area contributed by atoms with Gasteiger partial charge in [-0.3, -0.25) is 4.98 Å². The van der Waals surface area contributed by atoms with Gasteiger partial charge in [0, 0.05) is 12.2 Å². The maximum atomic E-state index is 5.52. The van der Waals surface area contributed by atoms with E-state index in [1.807, 2.05) is 19.1 Å². The van der Waals surface area contributed by atoms with Gasteiger partial charge in [0.05, 0.1) is 12.8 Å². The minimum atomic E-state index is 0.753. The molecule has 3 heteroatoms. The van der Waals surface area contributed by atoms with E-state index in [0.29, 0.717) is 0 Å². The number of nitrogens with zero attached hydrogens (tertiary/aromatic N) is 2. The zero-order chi connectivity index (χ0) is 10.4. The van der Waals surface area contributed by atoms with Crippen LogP contribution in [0.5, 0.6) is 5.75 Å². The van der Waals surface area contributed by atoms with E-state index in [0.717, 1.165) is 31.0 Å². The first kappa shape index (κ1) is 11.0. The Hall–Kier alpha value is -1.09. The highest BCUT2D eigenvalue weighted by Gasteiger charge is 1.94. The first-order chi connectivity index (χ1) is 6.68. The summed E-state index contributed by atoms with van der Waals surface area (Å²) >= 11 is 0. The fourth-order valence-electron chi connectivity index (χ4n) is 1.11. The van der Waals surface area contributed by atoms with Crippen LogP contribution in [0, 0.1) is 6.92 Å². The summed E-state index contributed by atoms with van der Waals surface area (Å²) in [6.45, 7) is 3.78. The standard InChI is InChI=1S/C11H18N2O/c1-10-5-6-11(9-12-10)14-8-4-7-13(2)3/h5-6,9H,4,7-8H2,1-3H3. The van der Waals surface area contributed by atoms with E-state index in [-0.39, 0.29) is 0 Å². The SMILES string of the molecule is Cc1ccc(OCCCN(C)C)cn1. The Morgan fingerprint density at radius 1 is 1.36 bits per heavy atom. The molecular weight excluding hydrogens is 176 g/mol. The van der Waals surface area contributed by atoms with Crippen LogP contribution >= 0.6 is 0 Å². The van der Waals surface area contributed by atoms with Crippen LogP contribution in [0.4, 0.5) is 0 Å². The summed E-state index contributed by atoms with van der Waals surface area (Å²) in [6.07, 6.45) is 2.81. The van der Waals surface area contributed by atoms with Crippen LogP contribution in [-0.2, 0) is 0 Å². The van der Waals surface area contributed by atoms with E-state index < -0.39 is 0 Å². The van der Waals surface area contributed by atoms with Gasteiger partial charge < -0.3 is 9.64 Å². The van der Waals surface area contributed by atoms with E-state index in [4.69, 9.17) is 4.74 Å². The summed E-state index contributed by atoms with van der Waals surface area (Å²) in [5.74, 6) is 0.856. The number of hydrogen-bond acceptors (Lipinski definition) is 3. The van der Waals surface area contributed by atoms with Crippen molar-refractivity contribution in [3.05, 3.63) is 24.0 Å². The molecule has 78 valence electrons. The van der Waals surface area contributed by atoms with Crippen LogP contribution in [-0.4, -0.2) is 37.1 Å². The van der Waals surface area contributed by atoms with Gasteiger partial charge in [0.15, 0.2) is 0 Å². The number of hydrogen-bond donors (Lipinski definition) is 0. The van der Waals surface area contributed by atoms with Crippen molar-refractivity contribution in [2.75, 3.05) is 27.2 Å². The molecule has 0 aliphatic heterocycles. The highest BCUT2D eigenvalue weighted by Crippen LogP contribution is 2.08. The molecular formula is C11H18N2O. The Kier molecular flexibility index (Phi) is 4.40. The average Bonchev–Trinajstić information content (AvgIpc) is 2.15. The first-order valence-corrected chi connectivity index (χ1v) is 4.88. The van der Waals surface area contributed by atoms with Crippen molar-refractivity contribution < 1.29 is 4.74 Å². The Labute approximate surface area is 85.7 Å². The number of pyridine rings is 1. The third kappa shape index (κ3) is 4.23. The van der Waals surface area contributed by atoms with Crippen molar-refractivity contribution in [3.8, 4) is 5.75 Å². The van der Waals surface area contributed by atoms with Gasteiger partial charge in [-0.25, -0.2) is 0 Å². The molecule has 0 saturated heterocycles. The molecule has 0 aliphatic carbocycles. The lowest BCUT2D eigenvalue weighted by molar-refractivity contribution is 0.280. The maximum absolute atomic E-state index is 5.52. The van der Waals surface area contributed by atoms with Crippen LogP contribution in [0.25, 0.3) is 0 Å². The van der Waals surface area contributed by atoms with E-state index in [1.165, 1.54) is 0 Å². The lowest BCUT2D eigenvalue weighted by Crippen LogP contribution is -2.15. The molecule has 0 bridgehead atoms. The van der Waals surface area contributed by atoms with Gasteiger partial charge in [0.1, 0.15) is 5.75 Å². The lowest BCUT2D eigenvalue weighted by atomic mass is 10.4. The van der Waals surface area contributed by atoms with Gasteiger partial charge in [-0.15, -0.1) is 0 Å². The molecule has 1 heterocycles. The van der Waals surface area contributed by atoms with Crippen molar-refractivity contribution in [2.24, 2.45) is 0 Å². The number of ether oxygens (including phenoxy) is 1. The van der Waals surface area contributed by atoms with Crippen molar-refractivity contribution in [2.45, 2.75) is 13.3 Å². The zero-order valence-corrected chi connectivity index (χ0v) is 9.16. The first-order valence-electron chi connectivity index (χ1n) is 4.88. The minimum absolute atomic E-state index is 0.753.